The minimum atomic E-state index is 0. The molecule has 5 heteroatoms. The van der Waals surface area contributed by atoms with Gasteiger partial charge in [0.2, 0.25) is 0 Å². The molecule has 0 atom stereocenters. The van der Waals surface area contributed by atoms with E-state index in [9.17, 15) is 0 Å². The number of guanidine groups is 1. The number of halogens is 1. The number of likely N-dealkylation sites (tertiary alicyclic amines) is 1. The second-order valence-electron chi connectivity index (χ2n) is 6.99. The van der Waals surface area contributed by atoms with Crippen LogP contribution in [0, 0.1) is 5.41 Å². The van der Waals surface area contributed by atoms with Crippen LogP contribution in [-0.2, 0) is 6.42 Å². The van der Waals surface area contributed by atoms with E-state index in [0.29, 0.717) is 5.41 Å². The minimum Gasteiger partial charge on any atom is -0.469 e. The van der Waals surface area contributed by atoms with E-state index in [4.69, 9.17) is 9.41 Å². The average molecular weight is 419 g/mol. The Morgan fingerprint density at radius 1 is 1.36 bits per heavy atom. The van der Waals surface area contributed by atoms with Crippen molar-refractivity contribution in [1.29, 1.82) is 0 Å². The number of rotatable bonds is 5. The minimum absolute atomic E-state index is 0. The molecule has 1 fully saturated rings. The van der Waals surface area contributed by atoms with Crippen LogP contribution >= 0.6 is 24.0 Å². The summed E-state index contributed by atoms with van der Waals surface area (Å²) in [7, 11) is 0. The molecule has 1 N–H and O–H groups in total. The number of nitrogens with one attached hydrogen (secondary N) is 1. The maximum Gasteiger partial charge on any atom is 0.194 e. The highest BCUT2D eigenvalue weighted by molar-refractivity contribution is 14.0. The molecule has 2 heterocycles. The highest BCUT2D eigenvalue weighted by atomic mass is 127. The molecular formula is C17H30IN3O. The lowest BCUT2D eigenvalue weighted by molar-refractivity contribution is -0.0668. The molecule has 0 saturated carbocycles. The van der Waals surface area contributed by atoms with Crippen LogP contribution < -0.4 is 5.32 Å². The molecule has 0 unspecified atom stereocenters. The van der Waals surface area contributed by atoms with Crippen LogP contribution in [0.3, 0.4) is 0 Å². The molecule has 0 radical (unpaired) electrons. The summed E-state index contributed by atoms with van der Waals surface area (Å²) < 4.78 is 5.38. The summed E-state index contributed by atoms with van der Waals surface area (Å²) in [5, 5.41) is 3.50. The van der Waals surface area contributed by atoms with Gasteiger partial charge in [0, 0.05) is 37.0 Å². The maximum absolute atomic E-state index is 5.38. The molecule has 1 aromatic heterocycles. The van der Waals surface area contributed by atoms with Gasteiger partial charge in [-0.1, -0.05) is 20.8 Å². The predicted molar refractivity (Wildman–Crippen MR) is 103 cm³/mol. The molecule has 0 amide bonds. The van der Waals surface area contributed by atoms with Crippen molar-refractivity contribution in [2.24, 2.45) is 10.4 Å². The molecular weight excluding hydrogens is 389 g/mol. The van der Waals surface area contributed by atoms with Crippen molar-refractivity contribution in [3.63, 3.8) is 0 Å². The van der Waals surface area contributed by atoms with Gasteiger partial charge in [-0.15, -0.1) is 24.0 Å². The summed E-state index contributed by atoms with van der Waals surface area (Å²) in [6.07, 6.45) is 3.68. The van der Waals surface area contributed by atoms with Gasteiger partial charge in [-0.2, -0.15) is 0 Å². The smallest absolute Gasteiger partial charge is 0.194 e. The van der Waals surface area contributed by atoms with Crippen molar-refractivity contribution < 1.29 is 4.42 Å². The van der Waals surface area contributed by atoms with Gasteiger partial charge < -0.3 is 14.6 Å². The van der Waals surface area contributed by atoms with Gasteiger partial charge in [0.1, 0.15) is 5.76 Å². The van der Waals surface area contributed by atoms with E-state index < -0.39 is 0 Å². The van der Waals surface area contributed by atoms with E-state index in [-0.39, 0.29) is 29.5 Å². The first-order chi connectivity index (χ1) is 9.88. The Morgan fingerprint density at radius 2 is 2.09 bits per heavy atom. The third-order valence-electron chi connectivity index (χ3n) is 4.86. The summed E-state index contributed by atoms with van der Waals surface area (Å²) in [6.45, 7) is 14.2. The number of furan rings is 1. The molecule has 2 rings (SSSR count). The number of hydrogen-bond acceptors (Lipinski definition) is 2. The highest BCUT2D eigenvalue weighted by Crippen LogP contribution is 2.46. The zero-order valence-electron chi connectivity index (χ0n) is 14.5. The first-order valence-corrected chi connectivity index (χ1v) is 7.97. The SMILES string of the molecule is CCCN=C(NCCc1ccco1)N1CC(C)(C)C1(C)C.I. The Bertz CT molecular complexity index is 480. The normalized spacial score (nSPS) is 19.3. The third-order valence-corrected chi connectivity index (χ3v) is 4.86. The summed E-state index contributed by atoms with van der Waals surface area (Å²) >= 11 is 0. The van der Waals surface area contributed by atoms with E-state index in [1.807, 2.05) is 12.1 Å². The van der Waals surface area contributed by atoms with E-state index in [1.165, 1.54) is 0 Å². The van der Waals surface area contributed by atoms with Crippen molar-refractivity contribution in [3.8, 4) is 0 Å². The Morgan fingerprint density at radius 3 is 2.59 bits per heavy atom. The Hall–Kier alpha value is -0.720. The van der Waals surface area contributed by atoms with E-state index in [1.54, 1.807) is 6.26 Å². The molecule has 1 aliphatic heterocycles. The quantitative estimate of drug-likeness (QED) is 0.447. The van der Waals surface area contributed by atoms with Crippen LogP contribution in [0.2, 0.25) is 0 Å². The molecule has 4 nitrogen and oxygen atoms in total. The molecule has 0 bridgehead atoms. The second kappa shape index (κ2) is 7.70. The molecule has 1 aliphatic rings. The van der Waals surface area contributed by atoms with E-state index in [0.717, 1.165) is 44.2 Å². The van der Waals surface area contributed by atoms with Gasteiger partial charge >= 0.3 is 0 Å². The van der Waals surface area contributed by atoms with Crippen LogP contribution in [0.25, 0.3) is 0 Å². The fourth-order valence-corrected chi connectivity index (χ4v) is 2.61. The Kier molecular flexibility index (Phi) is 6.77. The lowest BCUT2D eigenvalue weighted by Gasteiger charge is -2.62. The number of nitrogens with zero attached hydrogens (tertiary/aromatic N) is 2. The van der Waals surface area contributed by atoms with Crippen LogP contribution in [0.5, 0.6) is 0 Å². The molecule has 0 spiro atoms. The third kappa shape index (κ3) is 3.97. The number of hydrogen-bond donors (Lipinski definition) is 1. The van der Waals surface area contributed by atoms with Crippen molar-refractivity contribution >= 4 is 29.9 Å². The summed E-state index contributed by atoms with van der Waals surface area (Å²) in [5.74, 6) is 2.05. The van der Waals surface area contributed by atoms with Gasteiger partial charge in [0.15, 0.2) is 5.96 Å². The van der Waals surface area contributed by atoms with E-state index >= 15 is 0 Å². The van der Waals surface area contributed by atoms with Gasteiger partial charge in [-0.25, -0.2) is 0 Å². The van der Waals surface area contributed by atoms with Gasteiger partial charge in [-0.05, 0) is 32.4 Å². The lowest BCUT2D eigenvalue weighted by atomic mass is 9.65. The van der Waals surface area contributed by atoms with Gasteiger partial charge in [-0.3, -0.25) is 4.99 Å². The predicted octanol–water partition coefficient (Wildman–Crippen LogP) is 3.92. The largest absolute Gasteiger partial charge is 0.469 e. The molecule has 0 aliphatic carbocycles. The van der Waals surface area contributed by atoms with Crippen molar-refractivity contribution in [2.75, 3.05) is 19.6 Å². The zero-order chi connectivity index (χ0) is 15.5. The first-order valence-electron chi connectivity index (χ1n) is 7.97. The summed E-state index contributed by atoms with van der Waals surface area (Å²) in [4.78, 5) is 7.14. The molecule has 126 valence electrons. The second-order valence-corrected chi connectivity index (χ2v) is 6.99. The van der Waals surface area contributed by atoms with Gasteiger partial charge in [0.05, 0.1) is 6.26 Å². The van der Waals surface area contributed by atoms with Crippen LogP contribution in [-0.4, -0.2) is 36.0 Å². The average Bonchev–Trinajstić information content (AvgIpc) is 2.93. The fraction of sp³-hybridized carbons (Fsp3) is 0.706. The first kappa shape index (κ1) is 19.3. The van der Waals surface area contributed by atoms with Crippen molar-refractivity contribution in [3.05, 3.63) is 24.2 Å². The lowest BCUT2D eigenvalue weighted by Crippen LogP contribution is -2.72. The monoisotopic (exact) mass is 419 g/mol. The Balaban J connectivity index is 0.00000242. The molecule has 1 saturated heterocycles. The Labute approximate surface area is 151 Å². The topological polar surface area (TPSA) is 40.8 Å². The maximum atomic E-state index is 5.38. The highest BCUT2D eigenvalue weighted by Gasteiger charge is 2.53. The fourth-order valence-electron chi connectivity index (χ4n) is 2.61. The van der Waals surface area contributed by atoms with Gasteiger partial charge in [0.25, 0.3) is 0 Å². The van der Waals surface area contributed by atoms with E-state index in [2.05, 4.69) is 44.8 Å². The zero-order valence-corrected chi connectivity index (χ0v) is 16.8. The molecule has 22 heavy (non-hydrogen) atoms. The number of aliphatic imine (C=N–C) groups is 1. The van der Waals surface area contributed by atoms with Crippen LogP contribution in [0.4, 0.5) is 0 Å². The van der Waals surface area contributed by atoms with Crippen LogP contribution in [0.15, 0.2) is 27.8 Å². The van der Waals surface area contributed by atoms with Crippen LogP contribution in [0.1, 0.15) is 46.8 Å². The van der Waals surface area contributed by atoms with Crippen molar-refractivity contribution in [1.82, 2.24) is 10.2 Å². The summed E-state index contributed by atoms with van der Waals surface area (Å²) in [5.41, 5.74) is 0.458. The molecule has 0 aromatic carbocycles. The molecule has 1 aromatic rings. The van der Waals surface area contributed by atoms with Crippen molar-refractivity contribution in [2.45, 2.75) is 53.0 Å². The standard InChI is InChI=1S/C17H29N3O.HI/c1-6-10-18-15(19-11-9-14-8-7-12-21-14)20-13-16(2,3)17(20,4)5;/h7-8,12H,6,9-11,13H2,1-5H3,(H,18,19);1H. The summed E-state index contributed by atoms with van der Waals surface area (Å²) in [6, 6.07) is 3.95.